The third kappa shape index (κ3) is 6.79. The van der Waals surface area contributed by atoms with Crippen LogP contribution >= 0.6 is 0 Å². The fourth-order valence-corrected chi connectivity index (χ4v) is 5.91. The van der Waals surface area contributed by atoms with Gasteiger partial charge in [0, 0.05) is 33.0 Å². The Balaban J connectivity index is 0.00000264. The Morgan fingerprint density at radius 3 is 1.14 bits per heavy atom. The van der Waals surface area contributed by atoms with E-state index >= 15 is 0 Å². The molecule has 0 N–H and O–H groups in total. The normalized spacial score (nSPS) is 15.5. The van der Waals surface area contributed by atoms with Crippen molar-refractivity contribution in [2.24, 2.45) is 9.98 Å². The van der Waals surface area contributed by atoms with Crippen LogP contribution in [0.4, 0.5) is 11.4 Å². The first-order valence-electron chi connectivity index (χ1n) is 15.4. The zero-order valence-corrected chi connectivity index (χ0v) is 30.1. The van der Waals surface area contributed by atoms with Crippen LogP contribution in [0.5, 0.6) is 0 Å². The van der Waals surface area contributed by atoms with E-state index in [1.165, 1.54) is 33.0 Å². The van der Waals surface area contributed by atoms with Crippen LogP contribution in [0, 0.1) is 7.43 Å². The van der Waals surface area contributed by atoms with Crippen LogP contribution in [0.3, 0.4) is 0 Å². The van der Waals surface area contributed by atoms with E-state index in [0.717, 1.165) is 33.9 Å². The van der Waals surface area contributed by atoms with Crippen LogP contribution in [-0.2, 0) is 38.2 Å². The average molecular weight is 631 g/mol. The first-order valence-corrected chi connectivity index (χ1v) is 15.4. The van der Waals surface area contributed by atoms with E-state index < -0.39 is 0 Å². The molecule has 0 aromatic heterocycles. The maximum atomic E-state index is 5.56. The summed E-state index contributed by atoms with van der Waals surface area (Å²) in [5.41, 5.74) is 11.3. The quantitative estimate of drug-likeness (QED) is 0.156. The first-order chi connectivity index (χ1) is 19.4. The molecule has 1 aliphatic rings. The smallest absolute Gasteiger partial charge is 0.0978 e. The van der Waals surface area contributed by atoms with E-state index in [9.17, 15) is 0 Å². The van der Waals surface area contributed by atoms with Gasteiger partial charge in [-0.1, -0.05) is 144 Å². The Morgan fingerprint density at radius 1 is 0.455 bits per heavy atom. The molecule has 2 nitrogen and oxygen atoms in total. The van der Waals surface area contributed by atoms with Gasteiger partial charge in [0.15, 0.2) is 0 Å². The number of hydrogen-bond donors (Lipinski definition) is 0. The van der Waals surface area contributed by atoms with Crippen molar-refractivity contribution in [1.29, 1.82) is 0 Å². The van der Waals surface area contributed by atoms with Crippen molar-refractivity contribution in [3.05, 3.63) is 114 Å². The summed E-state index contributed by atoms with van der Waals surface area (Å²) >= 11 is 0. The van der Waals surface area contributed by atoms with Gasteiger partial charge in [-0.15, -0.1) is 0 Å². The van der Waals surface area contributed by atoms with Crippen molar-refractivity contribution in [3.8, 4) is 0 Å². The Kier molecular flexibility index (Phi) is 9.71. The van der Waals surface area contributed by atoms with Gasteiger partial charge in [-0.3, -0.25) is 0 Å². The van der Waals surface area contributed by atoms with E-state index in [2.05, 4.69) is 156 Å². The molecule has 236 valence electrons. The predicted octanol–water partition coefficient (Wildman–Crippen LogP) is 11.7. The van der Waals surface area contributed by atoms with Crippen molar-refractivity contribution in [2.75, 3.05) is 0 Å². The molecule has 0 heterocycles. The molecular formula is C41H51N2Ni-. The average Bonchev–Trinajstić information content (AvgIpc) is 3.15. The molecule has 0 radical (unpaired) electrons. The van der Waals surface area contributed by atoms with Gasteiger partial charge in [-0.25, -0.2) is 9.98 Å². The van der Waals surface area contributed by atoms with Crippen LogP contribution in [0.25, 0.3) is 10.8 Å². The van der Waals surface area contributed by atoms with Gasteiger partial charge in [-0.05, 0) is 61.4 Å². The summed E-state index contributed by atoms with van der Waals surface area (Å²) in [6, 6.07) is 26.8. The molecule has 0 amide bonds. The SMILES string of the molecule is CC(C)(C)c1ccc(C(C)(C)C)c(N=C2C(=Nc3cc(C(C)(C)C)ccc3C(C)(C)C)c3cccc4cccc2c34)c1.[CH3-].[Ni]. The molecule has 4 aromatic carbocycles. The number of nitrogens with zero attached hydrogens (tertiary/aromatic N) is 2. The summed E-state index contributed by atoms with van der Waals surface area (Å²) in [5, 5.41) is 2.47. The van der Waals surface area contributed by atoms with Crippen molar-refractivity contribution >= 4 is 33.6 Å². The van der Waals surface area contributed by atoms with Crippen LogP contribution < -0.4 is 0 Å². The molecule has 0 spiro atoms. The second kappa shape index (κ2) is 12.1. The van der Waals surface area contributed by atoms with Crippen LogP contribution in [0.15, 0.2) is 82.8 Å². The number of aliphatic imine (C=N–C) groups is 2. The maximum Gasteiger partial charge on any atom is 0.0978 e. The molecule has 0 atom stereocenters. The minimum atomic E-state index is -0.0506. The van der Waals surface area contributed by atoms with E-state index in [1.807, 2.05) is 0 Å². The molecule has 0 aliphatic heterocycles. The monoisotopic (exact) mass is 629 g/mol. The van der Waals surface area contributed by atoms with E-state index in [0.29, 0.717) is 0 Å². The van der Waals surface area contributed by atoms with Gasteiger partial charge in [0.2, 0.25) is 0 Å². The molecule has 44 heavy (non-hydrogen) atoms. The first kappa shape index (κ1) is 35.5. The van der Waals surface area contributed by atoms with E-state index in [1.54, 1.807) is 0 Å². The Labute approximate surface area is 277 Å². The summed E-state index contributed by atoms with van der Waals surface area (Å²) < 4.78 is 0. The topological polar surface area (TPSA) is 24.7 Å². The summed E-state index contributed by atoms with van der Waals surface area (Å²) in [4.78, 5) is 11.1. The van der Waals surface area contributed by atoms with Gasteiger partial charge >= 0.3 is 0 Å². The molecule has 0 bridgehead atoms. The fourth-order valence-electron chi connectivity index (χ4n) is 5.91. The van der Waals surface area contributed by atoms with Crippen LogP contribution in [0.1, 0.15) is 116 Å². The molecule has 0 saturated heterocycles. The van der Waals surface area contributed by atoms with Crippen molar-refractivity contribution in [2.45, 2.75) is 105 Å². The van der Waals surface area contributed by atoms with Gasteiger partial charge in [0.25, 0.3) is 0 Å². The largest absolute Gasteiger partial charge is 0.358 e. The Morgan fingerprint density at radius 2 is 0.818 bits per heavy atom. The predicted molar refractivity (Wildman–Crippen MR) is 190 cm³/mol. The van der Waals surface area contributed by atoms with Gasteiger partial charge in [0.1, 0.15) is 0 Å². The third-order valence-corrected chi connectivity index (χ3v) is 8.45. The fraction of sp³-hybridized carbons (Fsp3) is 0.390. The molecule has 0 saturated carbocycles. The van der Waals surface area contributed by atoms with Crippen molar-refractivity contribution < 1.29 is 16.5 Å². The zero-order valence-electron chi connectivity index (χ0n) is 29.1. The zero-order chi connectivity index (χ0) is 30.8. The second-order valence-corrected chi connectivity index (χ2v) is 16.1. The van der Waals surface area contributed by atoms with Crippen LogP contribution in [0.2, 0.25) is 0 Å². The van der Waals surface area contributed by atoms with Gasteiger partial charge < -0.3 is 7.43 Å². The van der Waals surface area contributed by atoms with E-state index in [4.69, 9.17) is 9.98 Å². The molecular weight excluding hydrogens is 579 g/mol. The minimum absolute atomic E-state index is 0. The van der Waals surface area contributed by atoms with Gasteiger partial charge in [-0.2, -0.15) is 0 Å². The van der Waals surface area contributed by atoms with Crippen molar-refractivity contribution in [3.63, 3.8) is 0 Å². The summed E-state index contributed by atoms with van der Waals surface area (Å²) in [6.45, 7) is 27.3. The Bertz CT molecular complexity index is 1620. The summed E-state index contributed by atoms with van der Waals surface area (Å²) in [6.07, 6.45) is 0. The standard InChI is InChI=1S/C40H48N2.CH3.Ni/c1-37(2,3)26-19-21-30(39(7,8)9)32(23-26)41-35-28-17-13-15-25-16-14-18-29(34(25)28)36(35)42-33-24-27(38(4,5)6)20-22-31(33)40(10,11)12;;/h13-24H,1-12H3;1H3;/q;-1;. The van der Waals surface area contributed by atoms with Gasteiger partial charge in [0.05, 0.1) is 22.8 Å². The number of rotatable bonds is 2. The second-order valence-electron chi connectivity index (χ2n) is 16.1. The molecule has 3 heteroatoms. The molecule has 4 aromatic rings. The third-order valence-electron chi connectivity index (χ3n) is 8.45. The Hall–Kier alpha value is -3.03. The molecule has 1 aliphatic carbocycles. The summed E-state index contributed by atoms with van der Waals surface area (Å²) in [7, 11) is 0. The summed E-state index contributed by atoms with van der Waals surface area (Å²) in [5.74, 6) is 0. The number of hydrogen-bond acceptors (Lipinski definition) is 2. The van der Waals surface area contributed by atoms with E-state index in [-0.39, 0.29) is 45.6 Å². The maximum absolute atomic E-state index is 5.56. The van der Waals surface area contributed by atoms with Crippen molar-refractivity contribution in [1.82, 2.24) is 0 Å². The number of benzene rings is 4. The molecule has 0 unspecified atom stereocenters. The van der Waals surface area contributed by atoms with Crippen LogP contribution in [-0.4, -0.2) is 11.4 Å². The minimum Gasteiger partial charge on any atom is -0.358 e. The molecule has 0 fully saturated rings. The molecule has 5 rings (SSSR count).